The number of amides is 1. The number of nitrogens with zero attached hydrogens (tertiary/aromatic N) is 1. The van der Waals surface area contributed by atoms with Gasteiger partial charge in [0.05, 0.1) is 15.1 Å². The van der Waals surface area contributed by atoms with Gasteiger partial charge in [0, 0.05) is 5.69 Å². The maximum Gasteiger partial charge on any atom is 0.239 e. The predicted octanol–water partition coefficient (Wildman–Crippen LogP) is 3.74. The molecule has 0 unspecified atom stereocenters. The molecule has 0 spiro atoms. The number of hydrogen-bond donors (Lipinski definition) is 1. The number of carbonyl (C=O) groups is 1. The third-order valence-electron chi connectivity index (χ3n) is 3.53. The topological polar surface area (TPSA) is 76.1 Å². The Morgan fingerprint density at radius 3 is 2.60 bits per heavy atom. The van der Waals surface area contributed by atoms with Crippen LogP contribution in [0.4, 0.5) is 5.69 Å². The van der Waals surface area contributed by atoms with E-state index in [4.69, 9.17) is 0 Å². The number of thioether (sulfide) groups is 1. The summed E-state index contributed by atoms with van der Waals surface area (Å²) >= 11 is 3.09. The second-order valence-corrected chi connectivity index (χ2v) is 9.56. The molecule has 2 aromatic carbocycles. The number of sulfone groups is 1. The number of thiazole rings is 1. The summed E-state index contributed by atoms with van der Waals surface area (Å²) in [5.74, 6) is -1.15. The lowest BCUT2D eigenvalue weighted by atomic mass is 10.2. The van der Waals surface area contributed by atoms with E-state index in [1.807, 2.05) is 25.3 Å². The van der Waals surface area contributed by atoms with Crippen LogP contribution in [0, 0.1) is 6.92 Å². The van der Waals surface area contributed by atoms with E-state index in [1.165, 1.54) is 23.5 Å². The van der Waals surface area contributed by atoms with E-state index in [0.29, 0.717) is 5.69 Å². The molecule has 0 bridgehead atoms. The first kappa shape index (κ1) is 17.9. The zero-order valence-corrected chi connectivity index (χ0v) is 16.1. The number of nitrogens with one attached hydrogen (secondary N) is 1. The Bertz CT molecular complexity index is 1020. The summed E-state index contributed by atoms with van der Waals surface area (Å²) in [6.45, 7) is 1.88. The second kappa shape index (κ2) is 7.15. The SMILES string of the molecule is CSc1nc2ccc(NC(=O)CS(=O)(=O)c3ccc(C)cc3)cc2s1. The van der Waals surface area contributed by atoms with Crippen LogP contribution in [-0.4, -0.2) is 31.3 Å². The van der Waals surface area contributed by atoms with Crippen LogP contribution >= 0.6 is 23.1 Å². The standard InChI is InChI=1S/C17H16N2O3S3/c1-11-3-6-13(7-4-11)25(21,22)10-16(20)18-12-5-8-14-15(9-12)24-17(19-14)23-2/h3-9H,10H2,1-2H3,(H,18,20). The van der Waals surface area contributed by atoms with Crippen LogP contribution < -0.4 is 5.32 Å². The first-order chi connectivity index (χ1) is 11.9. The lowest BCUT2D eigenvalue weighted by molar-refractivity contribution is -0.113. The van der Waals surface area contributed by atoms with Gasteiger partial charge in [0.2, 0.25) is 5.91 Å². The van der Waals surface area contributed by atoms with Gasteiger partial charge in [0.15, 0.2) is 14.2 Å². The summed E-state index contributed by atoms with van der Waals surface area (Å²) in [4.78, 5) is 16.7. The summed E-state index contributed by atoms with van der Waals surface area (Å²) < 4.78 is 26.5. The van der Waals surface area contributed by atoms with Crippen molar-refractivity contribution in [3.8, 4) is 0 Å². The van der Waals surface area contributed by atoms with Gasteiger partial charge < -0.3 is 5.32 Å². The highest BCUT2D eigenvalue weighted by molar-refractivity contribution is 8.00. The molecule has 5 nitrogen and oxygen atoms in total. The van der Waals surface area contributed by atoms with E-state index in [9.17, 15) is 13.2 Å². The van der Waals surface area contributed by atoms with Gasteiger partial charge in [-0.25, -0.2) is 13.4 Å². The van der Waals surface area contributed by atoms with Crippen molar-refractivity contribution in [2.45, 2.75) is 16.2 Å². The van der Waals surface area contributed by atoms with E-state index >= 15 is 0 Å². The summed E-state index contributed by atoms with van der Waals surface area (Å²) in [6, 6.07) is 11.8. The normalized spacial score (nSPS) is 11.6. The number of benzene rings is 2. The molecule has 8 heteroatoms. The summed E-state index contributed by atoms with van der Waals surface area (Å²) in [7, 11) is -3.66. The van der Waals surface area contributed by atoms with Crippen molar-refractivity contribution in [2.24, 2.45) is 0 Å². The Kier molecular flexibility index (Phi) is 5.12. The molecule has 0 radical (unpaired) electrons. The fourth-order valence-electron chi connectivity index (χ4n) is 2.27. The Hall–Kier alpha value is -1.90. The van der Waals surface area contributed by atoms with Gasteiger partial charge in [-0.05, 0) is 43.5 Å². The summed E-state index contributed by atoms with van der Waals surface area (Å²) in [6.07, 6.45) is 1.95. The van der Waals surface area contributed by atoms with E-state index in [-0.39, 0.29) is 4.90 Å². The molecule has 1 heterocycles. The lowest BCUT2D eigenvalue weighted by Crippen LogP contribution is -2.23. The van der Waals surface area contributed by atoms with Crippen LogP contribution in [0.3, 0.4) is 0 Å². The Balaban J connectivity index is 1.74. The highest BCUT2D eigenvalue weighted by Crippen LogP contribution is 2.30. The fraction of sp³-hybridized carbons (Fsp3) is 0.176. The second-order valence-electron chi connectivity index (χ2n) is 5.49. The Morgan fingerprint density at radius 1 is 1.20 bits per heavy atom. The molecule has 0 fully saturated rings. The predicted molar refractivity (Wildman–Crippen MR) is 103 cm³/mol. The average molecular weight is 393 g/mol. The number of aromatic nitrogens is 1. The summed E-state index contributed by atoms with van der Waals surface area (Å²) in [5, 5.41) is 2.65. The van der Waals surface area contributed by atoms with E-state index in [1.54, 1.807) is 30.0 Å². The van der Waals surface area contributed by atoms with Gasteiger partial charge in [-0.15, -0.1) is 11.3 Å². The third kappa shape index (κ3) is 4.20. The largest absolute Gasteiger partial charge is 0.325 e. The van der Waals surface area contributed by atoms with Crippen LogP contribution in [-0.2, 0) is 14.6 Å². The minimum atomic E-state index is -3.66. The molecule has 1 N–H and O–H groups in total. The first-order valence-corrected chi connectivity index (χ1v) is 11.1. The zero-order valence-electron chi connectivity index (χ0n) is 13.6. The van der Waals surface area contributed by atoms with Gasteiger partial charge >= 0.3 is 0 Å². The molecular weight excluding hydrogens is 376 g/mol. The molecule has 130 valence electrons. The first-order valence-electron chi connectivity index (χ1n) is 7.41. The molecule has 0 aliphatic heterocycles. The summed E-state index contributed by atoms with van der Waals surface area (Å²) in [5.41, 5.74) is 2.39. The molecule has 0 atom stereocenters. The van der Waals surface area contributed by atoms with Crippen LogP contribution in [0.15, 0.2) is 51.7 Å². The number of rotatable bonds is 5. The zero-order chi connectivity index (χ0) is 18.0. The van der Waals surface area contributed by atoms with Crippen molar-refractivity contribution < 1.29 is 13.2 Å². The molecule has 1 amide bonds. The number of fused-ring (bicyclic) bond motifs is 1. The maximum absolute atomic E-state index is 12.3. The monoisotopic (exact) mass is 392 g/mol. The molecule has 3 rings (SSSR count). The van der Waals surface area contributed by atoms with Crippen molar-refractivity contribution >= 4 is 54.7 Å². The van der Waals surface area contributed by atoms with Crippen molar-refractivity contribution in [1.82, 2.24) is 4.98 Å². The van der Waals surface area contributed by atoms with Crippen molar-refractivity contribution in [2.75, 3.05) is 17.3 Å². The quantitative estimate of drug-likeness (QED) is 0.670. The molecule has 0 aliphatic rings. The van der Waals surface area contributed by atoms with E-state index in [0.717, 1.165) is 20.1 Å². The molecule has 25 heavy (non-hydrogen) atoms. The lowest BCUT2D eigenvalue weighted by Gasteiger charge is -2.07. The van der Waals surface area contributed by atoms with Crippen LogP contribution in [0.1, 0.15) is 5.56 Å². The fourth-order valence-corrected chi connectivity index (χ4v) is 4.93. The number of anilines is 1. The minimum absolute atomic E-state index is 0.149. The molecule has 0 saturated carbocycles. The highest BCUT2D eigenvalue weighted by atomic mass is 32.2. The van der Waals surface area contributed by atoms with Crippen molar-refractivity contribution in [3.63, 3.8) is 0 Å². The van der Waals surface area contributed by atoms with Gasteiger partial charge in [0.1, 0.15) is 5.75 Å². The van der Waals surface area contributed by atoms with Crippen LogP contribution in [0.2, 0.25) is 0 Å². The molecule has 1 aromatic heterocycles. The maximum atomic E-state index is 12.3. The molecule has 0 saturated heterocycles. The van der Waals surface area contributed by atoms with Gasteiger partial charge in [-0.2, -0.15) is 0 Å². The van der Waals surface area contributed by atoms with Crippen LogP contribution in [0.25, 0.3) is 10.2 Å². The Morgan fingerprint density at radius 2 is 1.92 bits per heavy atom. The van der Waals surface area contributed by atoms with Crippen molar-refractivity contribution in [1.29, 1.82) is 0 Å². The van der Waals surface area contributed by atoms with E-state index in [2.05, 4.69) is 10.3 Å². The molecule has 0 aliphatic carbocycles. The Labute approximate surface area is 154 Å². The molecular formula is C17H16N2O3S3. The number of hydrogen-bond acceptors (Lipinski definition) is 6. The third-order valence-corrected chi connectivity index (χ3v) is 7.16. The van der Waals surface area contributed by atoms with Gasteiger partial charge in [-0.3, -0.25) is 4.79 Å². The molecule has 3 aromatic rings. The minimum Gasteiger partial charge on any atom is -0.325 e. The highest BCUT2D eigenvalue weighted by Gasteiger charge is 2.19. The van der Waals surface area contributed by atoms with Crippen LogP contribution in [0.5, 0.6) is 0 Å². The number of aryl methyl sites for hydroxylation is 1. The van der Waals surface area contributed by atoms with Crippen molar-refractivity contribution in [3.05, 3.63) is 48.0 Å². The number of carbonyl (C=O) groups excluding carboxylic acids is 1. The van der Waals surface area contributed by atoms with Gasteiger partial charge in [-0.1, -0.05) is 29.5 Å². The van der Waals surface area contributed by atoms with Gasteiger partial charge in [0.25, 0.3) is 0 Å². The average Bonchev–Trinajstić information content (AvgIpc) is 2.97. The van der Waals surface area contributed by atoms with E-state index < -0.39 is 21.5 Å². The smallest absolute Gasteiger partial charge is 0.239 e.